The number of hydrogen-bond acceptors (Lipinski definition) is 5. The van der Waals surface area contributed by atoms with Crippen molar-refractivity contribution in [2.75, 3.05) is 10.6 Å². The molecule has 0 aliphatic carbocycles. The maximum atomic E-state index is 12.4. The maximum Gasteiger partial charge on any atom is 0.275 e. The number of carbonyl (C=O) groups is 2. The first-order valence-electron chi connectivity index (χ1n) is 7.53. The SMILES string of the molecule is CC(=O)Nc1ccc(NC(=O)c2cncc(-c3cccnc3)n2)cc1. The smallest absolute Gasteiger partial charge is 0.275 e. The van der Waals surface area contributed by atoms with Gasteiger partial charge in [-0.2, -0.15) is 0 Å². The van der Waals surface area contributed by atoms with Crippen molar-refractivity contribution in [3.05, 3.63) is 66.9 Å². The quantitative estimate of drug-likeness (QED) is 0.765. The molecule has 0 saturated carbocycles. The van der Waals surface area contributed by atoms with Crippen LogP contribution in [0.4, 0.5) is 11.4 Å². The van der Waals surface area contributed by atoms with Crippen LogP contribution < -0.4 is 10.6 Å². The Hall–Kier alpha value is -3.61. The summed E-state index contributed by atoms with van der Waals surface area (Å²) >= 11 is 0. The topological polar surface area (TPSA) is 96.9 Å². The fourth-order valence-corrected chi connectivity index (χ4v) is 2.16. The Morgan fingerprint density at radius 3 is 2.24 bits per heavy atom. The van der Waals surface area contributed by atoms with Crippen molar-refractivity contribution in [1.29, 1.82) is 0 Å². The lowest BCUT2D eigenvalue weighted by atomic mass is 10.2. The summed E-state index contributed by atoms with van der Waals surface area (Å²) in [5.41, 5.74) is 2.80. The van der Waals surface area contributed by atoms with E-state index in [0.717, 1.165) is 5.56 Å². The molecule has 0 unspecified atom stereocenters. The van der Waals surface area contributed by atoms with Crippen molar-refractivity contribution in [2.45, 2.75) is 6.92 Å². The molecule has 3 aromatic rings. The van der Waals surface area contributed by atoms with E-state index >= 15 is 0 Å². The lowest BCUT2D eigenvalue weighted by molar-refractivity contribution is -0.114. The number of amides is 2. The minimum atomic E-state index is -0.370. The van der Waals surface area contributed by atoms with Crippen LogP contribution in [0.3, 0.4) is 0 Å². The zero-order chi connectivity index (χ0) is 17.6. The van der Waals surface area contributed by atoms with Crippen LogP contribution in [0.25, 0.3) is 11.3 Å². The molecule has 0 bridgehead atoms. The van der Waals surface area contributed by atoms with Crippen molar-refractivity contribution < 1.29 is 9.59 Å². The summed E-state index contributed by atoms with van der Waals surface area (Å²) in [6.45, 7) is 1.43. The number of rotatable bonds is 4. The third-order valence-electron chi connectivity index (χ3n) is 3.29. The minimum Gasteiger partial charge on any atom is -0.326 e. The zero-order valence-corrected chi connectivity index (χ0v) is 13.4. The van der Waals surface area contributed by atoms with Gasteiger partial charge < -0.3 is 10.6 Å². The molecule has 0 spiro atoms. The zero-order valence-electron chi connectivity index (χ0n) is 13.4. The normalized spacial score (nSPS) is 10.1. The molecule has 1 aromatic carbocycles. The van der Waals surface area contributed by atoms with E-state index in [1.807, 2.05) is 6.07 Å². The van der Waals surface area contributed by atoms with Crippen LogP contribution in [0.1, 0.15) is 17.4 Å². The molecule has 0 radical (unpaired) electrons. The second-order valence-electron chi connectivity index (χ2n) is 5.24. The molecule has 7 nitrogen and oxygen atoms in total. The lowest BCUT2D eigenvalue weighted by Gasteiger charge is -2.07. The van der Waals surface area contributed by atoms with E-state index in [4.69, 9.17) is 0 Å². The molecule has 3 rings (SSSR count). The Morgan fingerprint density at radius 1 is 0.880 bits per heavy atom. The highest BCUT2D eigenvalue weighted by atomic mass is 16.2. The molecule has 0 aliphatic heterocycles. The highest BCUT2D eigenvalue weighted by molar-refractivity contribution is 6.03. The molecule has 124 valence electrons. The van der Waals surface area contributed by atoms with Crippen molar-refractivity contribution >= 4 is 23.2 Å². The standard InChI is InChI=1S/C18H15N5O2/c1-12(24)21-14-4-6-15(7-5-14)22-18(25)17-11-20-10-16(23-17)13-3-2-8-19-9-13/h2-11H,1H3,(H,21,24)(H,22,25). The molecular weight excluding hydrogens is 318 g/mol. The molecule has 0 aliphatic rings. The van der Waals surface area contributed by atoms with Crippen molar-refractivity contribution in [3.63, 3.8) is 0 Å². The van der Waals surface area contributed by atoms with Gasteiger partial charge in [0.05, 0.1) is 18.1 Å². The maximum absolute atomic E-state index is 12.4. The minimum absolute atomic E-state index is 0.153. The fourth-order valence-electron chi connectivity index (χ4n) is 2.16. The highest BCUT2D eigenvalue weighted by Crippen LogP contribution is 2.16. The summed E-state index contributed by atoms with van der Waals surface area (Å²) in [6, 6.07) is 10.4. The van der Waals surface area contributed by atoms with Gasteiger partial charge in [-0.3, -0.25) is 19.6 Å². The Labute approximate surface area is 144 Å². The van der Waals surface area contributed by atoms with Crippen molar-refractivity contribution in [3.8, 4) is 11.3 Å². The molecule has 7 heteroatoms. The number of nitrogens with one attached hydrogen (secondary N) is 2. The first kappa shape index (κ1) is 16.3. The van der Waals surface area contributed by atoms with Crippen LogP contribution in [0.2, 0.25) is 0 Å². The Bertz CT molecular complexity index is 895. The summed E-state index contributed by atoms with van der Waals surface area (Å²) in [5.74, 6) is -0.523. The van der Waals surface area contributed by atoms with Gasteiger partial charge in [-0.15, -0.1) is 0 Å². The van der Waals surface area contributed by atoms with E-state index in [1.54, 1.807) is 48.9 Å². The van der Waals surface area contributed by atoms with Gasteiger partial charge in [-0.1, -0.05) is 0 Å². The van der Waals surface area contributed by atoms with Gasteiger partial charge >= 0.3 is 0 Å². The Morgan fingerprint density at radius 2 is 1.60 bits per heavy atom. The summed E-state index contributed by atoms with van der Waals surface area (Å²) in [4.78, 5) is 35.8. The third-order valence-corrected chi connectivity index (χ3v) is 3.29. The van der Waals surface area contributed by atoms with Gasteiger partial charge in [-0.05, 0) is 36.4 Å². The van der Waals surface area contributed by atoms with Crippen LogP contribution in [0.15, 0.2) is 61.2 Å². The molecule has 2 amide bonds. The molecule has 2 aromatic heterocycles. The number of nitrogens with zero attached hydrogens (tertiary/aromatic N) is 3. The molecule has 2 heterocycles. The average molecular weight is 333 g/mol. The lowest BCUT2D eigenvalue weighted by Crippen LogP contribution is -2.14. The second-order valence-corrected chi connectivity index (χ2v) is 5.24. The van der Waals surface area contributed by atoms with Gasteiger partial charge in [0.25, 0.3) is 5.91 Å². The van der Waals surface area contributed by atoms with Crippen molar-refractivity contribution in [2.24, 2.45) is 0 Å². The summed E-state index contributed by atoms with van der Waals surface area (Å²) < 4.78 is 0. The van der Waals surface area contributed by atoms with Crippen molar-refractivity contribution in [1.82, 2.24) is 15.0 Å². The summed E-state index contributed by atoms with van der Waals surface area (Å²) in [5, 5.41) is 5.41. The first-order valence-corrected chi connectivity index (χ1v) is 7.53. The van der Waals surface area contributed by atoms with E-state index in [0.29, 0.717) is 17.1 Å². The molecule has 0 saturated heterocycles. The van der Waals surface area contributed by atoms with E-state index in [9.17, 15) is 9.59 Å². The number of pyridine rings is 1. The molecule has 25 heavy (non-hydrogen) atoms. The molecule has 2 N–H and O–H groups in total. The van der Waals surface area contributed by atoms with Gasteiger partial charge in [0.1, 0.15) is 5.69 Å². The number of aromatic nitrogens is 3. The average Bonchev–Trinajstić information content (AvgIpc) is 2.64. The van der Waals surface area contributed by atoms with E-state index < -0.39 is 0 Å². The van der Waals surface area contributed by atoms with Gasteiger partial charge in [0, 0.05) is 36.3 Å². The highest BCUT2D eigenvalue weighted by Gasteiger charge is 2.10. The predicted octanol–water partition coefficient (Wildman–Crippen LogP) is 2.75. The molecule has 0 atom stereocenters. The number of carbonyl (C=O) groups excluding carboxylic acids is 2. The molecular formula is C18H15N5O2. The number of anilines is 2. The van der Waals surface area contributed by atoms with Crippen LogP contribution in [0.5, 0.6) is 0 Å². The van der Waals surface area contributed by atoms with E-state index in [1.165, 1.54) is 13.1 Å². The largest absolute Gasteiger partial charge is 0.326 e. The summed E-state index contributed by atoms with van der Waals surface area (Å²) in [6.07, 6.45) is 6.31. The fraction of sp³-hybridized carbons (Fsp3) is 0.0556. The Balaban J connectivity index is 1.74. The van der Waals surface area contributed by atoms with Crippen LogP contribution in [-0.4, -0.2) is 26.8 Å². The monoisotopic (exact) mass is 333 g/mol. The van der Waals surface area contributed by atoms with E-state index in [-0.39, 0.29) is 17.5 Å². The van der Waals surface area contributed by atoms with Gasteiger partial charge in [-0.25, -0.2) is 4.98 Å². The van der Waals surface area contributed by atoms with Crippen LogP contribution in [-0.2, 0) is 4.79 Å². The number of benzene rings is 1. The molecule has 0 fully saturated rings. The van der Waals surface area contributed by atoms with Gasteiger partial charge in [0.2, 0.25) is 5.91 Å². The first-order chi connectivity index (χ1) is 12.1. The second kappa shape index (κ2) is 7.31. The van der Waals surface area contributed by atoms with Gasteiger partial charge in [0.15, 0.2) is 0 Å². The number of hydrogen-bond donors (Lipinski definition) is 2. The summed E-state index contributed by atoms with van der Waals surface area (Å²) in [7, 11) is 0. The third kappa shape index (κ3) is 4.23. The Kier molecular flexibility index (Phi) is 4.75. The predicted molar refractivity (Wildman–Crippen MR) is 94.0 cm³/mol. The van der Waals surface area contributed by atoms with Crippen LogP contribution in [0, 0.1) is 0 Å². The van der Waals surface area contributed by atoms with E-state index in [2.05, 4.69) is 25.6 Å². The van der Waals surface area contributed by atoms with Crippen LogP contribution >= 0.6 is 0 Å².